The van der Waals surface area contributed by atoms with Gasteiger partial charge in [0.05, 0.1) is 17.6 Å². The molecule has 2 saturated heterocycles. The van der Waals surface area contributed by atoms with Crippen LogP contribution in [0.15, 0.2) is 60.7 Å². The Morgan fingerprint density at radius 2 is 1.72 bits per heavy atom. The van der Waals surface area contributed by atoms with E-state index in [-0.39, 0.29) is 30.8 Å². The maximum atomic E-state index is 13.4. The second kappa shape index (κ2) is 9.22. The molecule has 2 fully saturated rings. The SMILES string of the molecule is O=C(NC(CS(=O)(=O)Cc1ccccc1)C(=O)N1CCC2OCC(=O)C21)c1ccccc1. The van der Waals surface area contributed by atoms with Gasteiger partial charge in [0.15, 0.2) is 15.6 Å². The summed E-state index contributed by atoms with van der Waals surface area (Å²) in [6, 6.07) is 14.9. The normalized spacial score (nSPS) is 21.2. The van der Waals surface area contributed by atoms with Crippen molar-refractivity contribution in [1.29, 1.82) is 0 Å². The lowest BCUT2D eigenvalue weighted by Gasteiger charge is -2.27. The molecule has 2 aliphatic rings. The Balaban J connectivity index is 1.57. The minimum absolute atomic E-state index is 0.0630. The Hall–Kier alpha value is -3.04. The molecular weight excluding hydrogens is 432 g/mol. The van der Waals surface area contributed by atoms with E-state index in [1.807, 2.05) is 0 Å². The molecule has 1 N–H and O–H groups in total. The van der Waals surface area contributed by atoms with Crippen LogP contribution < -0.4 is 5.32 Å². The van der Waals surface area contributed by atoms with Crippen molar-refractivity contribution in [2.75, 3.05) is 18.9 Å². The first kappa shape index (κ1) is 22.2. The number of fused-ring (bicyclic) bond motifs is 1. The molecule has 9 heteroatoms. The lowest BCUT2D eigenvalue weighted by Crippen LogP contribution is -2.54. The topological polar surface area (TPSA) is 110 Å². The van der Waals surface area contributed by atoms with E-state index in [9.17, 15) is 22.8 Å². The Labute approximate surface area is 186 Å². The molecule has 4 rings (SSSR count). The van der Waals surface area contributed by atoms with Crippen LogP contribution in [-0.2, 0) is 29.9 Å². The summed E-state index contributed by atoms with van der Waals surface area (Å²) < 4.78 is 31.3. The fraction of sp³-hybridized carbons (Fsp3) is 0.348. The van der Waals surface area contributed by atoms with E-state index in [0.29, 0.717) is 17.5 Å². The van der Waals surface area contributed by atoms with Gasteiger partial charge < -0.3 is 15.0 Å². The molecule has 3 unspecified atom stereocenters. The number of nitrogens with one attached hydrogen (secondary N) is 1. The number of nitrogens with zero attached hydrogens (tertiary/aromatic N) is 1. The fourth-order valence-corrected chi connectivity index (χ4v) is 5.74. The first-order chi connectivity index (χ1) is 15.3. The van der Waals surface area contributed by atoms with Gasteiger partial charge in [0.1, 0.15) is 18.7 Å². The number of ketones is 1. The number of hydrogen-bond acceptors (Lipinski definition) is 6. The highest BCUT2D eigenvalue weighted by atomic mass is 32.2. The first-order valence-electron chi connectivity index (χ1n) is 10.4. The van der Waals surface area contributed by atoms with Crippen molar-refractivity contribution in [3.05, 3.63) is 71.8 Å². The van der Waals surface area contributed by atoms with Crippen molar-refractivity contribution in [3.8, 4) is 0 Å². The number of amides is 2. The van der Waals surface area contributed by atoms with Crippen LogP contribution in [0.3, 0.4) is 0 Å². The average molecular weight is 457 g/mol. The van der Waals surface area contributed by atoms with Crippen LogP contribution in [0, 0.1) is 0 Å². The number of Topliss-reactive ketones (excluding diaryl/α,β-unsaturated/α-hetero) is 1. The highest BCUT2D eigenvalue weighted by Gasteiger charge is 2.48. The van der Waals surface area contributed by atoms with E-state index in [4.69, 9.17) is 4.74 Å². The molecule has 0 radical (unpaired) electrons. The second-order valence-corrected chi connectivity index (χ2v) is 10.1. The summed E-state index contributed by atoms with van der Waals surface area (Å²) in [6.07, 6.45) is 0.121. The summed E-state index contributed by atoms with van der Waals surface area (Å²) in [5.41, 5.74) is 0.902. The Bertz CT molecular complexity index is 1100. The van der Waals surface area contributed by atoms with Crippen LogP contribution >= 0.6 is 0 Å². The van der Waals surface area contributed by atoms with Gasteiger partial charge in [-0.25, -0.2) is 8.42 Å². The molecule has 0 saturated carbocycles. The Morgan fingerprint density at radius 1 is 1.06 bits per heavy atom. The van der Waals surface area contributed by atoms with Crippen LogP contribution in [0.4, 0.5) is 0 Å². The maximum Gasteiger partial charge on any atom is 0.251 e. The zero-order valence-electron chi connectivity index (χ0n) is 17.3. The summed E-state index contributed by atoms with van der Waals surface area (Å²) in [7, 11) is -3.75. The molecule has 3 atom stereocenters. The van der Waals surface area contributed by atoms with Crippen LogP contribution in [0.25, 0.3) is 0 Å². The predicted molar refractivity (Wildman–Crippen MR) is 116 cm³/mol. The molecule has 2 aromatic rings. The molecule has 0 aromatic heterocycles. The van der Waals surface area contributed by atoms with Crippen molar-refractivity contribution in [2.45, 2.75) is 30.4 Å². The molecule has 2 heterocycles. The third-order valence-corrected chi connectivity index (χ3v) is 7.30. The second-order valence-electron chi connectivity index (χ2n) is 8.01. The van der Waals surface area contributed by atoms with Crippen LogP contribution in [-0.4, -0.2) is 68.0 Å². The van der Waals surface area contributed by atoms with Gasteiger partial charge in [-0.2, -0.15) is 0 Å². The highest BCUT2D eigenvalue weighted by Crippen LogP contribution is 2.27. The number of hydrogen-bond donors (Lipinski definition) is 1. The van der Waals surface area contributed by atoms with E-state index in [0.717, 1.165) is 0 Å². The van der Waals surface area contributed by atoms with Gasteiger partial charge in [0.2, 0.25) is 5.91 Å². The van der Waals surface area contributed by atoms with Gasteiger partial charge in [-0.15, -0.1) is 0 Å². The van der Waals surface area contributed by atoms with E-state index in [1.54, 1.807) is 60.7 Å². The van der Waals surface area contributed by atoms with Crippen LogP contribution in [0.1, 0.15) is 22.3 Å². The number of ether oxygens (including phenoxy) is 1. The van der Waals surface area contributed by atoms with E-state index < -0.39 is 39.5 Å². The van der Waals surface area contributed by atoms with Crippen LogP contribution in [0.2, 0.25) is 0 Å². The average Bonchev–Trinajstić information content (AvgIpc) is 3.36. The molecule has 0 aliphatic carbocycles. The monoisotopic (exact) mass is 456 g/mol. The summed E-state index contributed by atoms with van der Waals surface area (Å²) in [5, 5.41) is 2.59. The maximum absolute atomic E-state index is 13.4. The summed E-state index contributed by atoms with van der Waals surface area (Å²) in [4.78, 5) is 39.7. The Morgan fingerprint density at radius 3 is 2.41 bits per heavy atom. The minimum Gasteiger partial charge on any atom is -0.368 e. The summed E-state index contributed by atoms with van der Waals surface area (Å²) in [6.45, 7) is 0.211. The molecule has 8 nitrogen and oxygen atoms in total. The highest BCUT2D eigenvalue weighted by molar-refractivity contribution is 7.90. The lowest BCUT2D eigenvalue weighted by molar-refractivity contribution is -0.137. The molecule has 2 aliphatic heterocycles. The van der Waals surface area contributed by atoms with E-state index >= 15 is 0 Å². The summed E-state index contributed by atoms with van der Waals surface area (Å²) in [5.74, 6) is -2.17. The quantitative estimate of drug-likeness (QED) is 0.665. The molecule has 0 bridgehead atoms. The van der Waals surface area contributed by atoms with Gasteiger partial charge in [-0.3, -0.25) is 14.4 Å². The molecule has 32 heavy (non-hydrogen) atoms. The van der Waals surface area contributed by atoms with E-state index in [2.05, 4.69) is 5.32 Å². The summed E-state index contributed by atoms with van der Waals surface area (Å²) >= 11 is 0. The van der Waals surface area contributed by atoms with Crippen molar-refractivity contribution in [3.63, 3.8) is 0 Å². The number of rotatable bonds is 7. The van der Waals surface area contributed by atoms with Gasteiger partial charge in [0, 0.05) is 12.1 Å². The Kier molecular flexibility index (Phi) is 6.38. The third-order valence-electron chi connectivity index (χ3n) is 5.68. The molecule has 2 aromatic carbocycles. The zero-order valence-corrected chi connectivity index (χ0v) is 18.2. The standard InChI is InChI=1S/C23H24N2O6S/c26-19-13-31-20-11-12-25(21(19)20)23(28)18(24-22(27)17-9-5-2-6-10-17)15-32(29,30)14-16-7-3-1-4-8-16/h1-10,18,20-21H,11-15H2,(H,24,27). The van der Waals surface area contributed by atoms with Crippen LogP contribution in [0.5, 0.6) is 0 Å². The van der Waals surface area contributed by atoms with Gasteiger partial charge in [0.25, 0.3) is 5.91 Å². The number of likely N-dealkylation sites (tertiary alicyclic amines) is 1. The number of sulfone groups is 1. The number of benzene rings is 2. The first-order valence-corrected chi connectivity index (χ1v) is 12.2. The lowest BCUT2D eigenvalue weighted by atomic mass is 10.1. The smallest absolute Gasteiger partial charge is 0.251 e. The van der Waals surface area contributed by atoms with Crippen molar-refractivity contribution < 1.29 is 27.5 Å². The molecule has 2 amide bonds. The van der Waals surface area contributed by atoms with Crippen molar-refractivity contribution in [2.24, 2.45) is 0 Å². The third kappa shape index (κ3) is 4.89. The van der Waals surface area contributed by atoms with Gasteiger partial charge >= 0.3 is 0 Å². The van der Waals surface area contributed by atoms with E-state index in [1.165, 1.54) is 4.90 Å². The van der Waals surface area contributed by atoms with Gasteiger partial charge in [-0.05, 0) is 24.1 Å². The zero-order chi connectivity index (χ0) is 22.7. The molecule has 168 valence electrons. The largest absolute Gasteiger partial charge is 0.368 e. The van der Waals surface area contributed by atoms with Crippen molar-refractivity contribution >= 4 is 27.4 Å². The molecule has 0 spiro atoms. The van der Waals surface area contributed by atoms with Crippen molar-refractivity contribution in [1.82, 2.24) is 10.2 Å². The molecular formula is C23H24N2O6S. The van der Waals surface area contributed by atoms with Gasteiger partial charge in [-0.1, -0.05) is 48.5 Å². The number of carbonyl (C=O) groups is 3. The predicted octanol–water partition coefficient (Wildman–Crippen LogP) is 0.969. The number of carbonyl (C=O) groups excluding carboxylic acids is 3. The minimum atomic E-state index is -3.75. The fourth-order valence-electron chi connectivity index (χ4n) is 4.19.